The van der Waals surface area contributed by atoms with E-state index in [1.165, 1.54) is 12.3 Å². The van der Waals surface area contributed by atoms with Crippen LogP contribution in [0.25, 0.3) is 22.6 Å². The Kier molecular flexibility index (Phi) is 5.14. The summed E-state index contributed by atoms with van der Waals surface area (Å²) in [6, 6.07) is 6.85. The number of fused-ring (bicyclic) bond motifs is 1. The SMILES string of the molecule is CCOc1nc(C)c2nc(-c3cncc(F)c3)n(Cc3ccc(Br)cc3O)c2n1. The zero-order chi connectivity index (χ0) is 20.5. The Morgan fingerprint density at radius 2 is 2.00 bits per heavy atom. The fraction of sp³-hybridized carbons (Fsp3) is 0.200. The third-order valence-corrected chi connectivity index (χ3v) is 4.85. The van der Waals surface area contributed by atoms with Crippen molar-refractivity contribution in [1.29, 1.82) is 0 Å². The van der Waals surface area contributed by atoms with Gasteiger partial charge in [0.1, 0.15) is 22.9 Å². The molecular formula is C20H17BrFN5O2. The molecule has 0 amide bonds. The zero-order valence-electron chi connectivity index (χ0n) is 15.7. The molecule has 0 aliphatic carbocycles. The maximum Gasteiger partial charge on any atom is 0.318 e. The molecule has 0 aliphatic rings. The first kappa shape index (κ1) is 19.3. The largest absolute Gasteiger partial charge is 0.508 e. The molecule has 4 aromatic rings. The van der Waals surface area contributed by atoms with Crippen LogP contribution in [0.2, 0.25) is 0 Å². The number of imidazole rings is 1. The maximum absolute atomic E-state index is 13.8. The van der Waals surface area contributed by atoms with Gasteiger partial charge in [0.15, 0.2) is 5.65 Å². The van der Waals surface area contributed by atoms with E-state index in [1.54, 1.807) is 16.7 Å². The molecule has 148 valence electrons. The summed E-state index contributed by atoms with van der Waals surface area (Å²) in [7, 11) is 0. The van der Waals surface area contributed by atoms with E-state index in [-0.39, 0.29) is 18.3 Å². The van der Waals surface area contributed by atoms with Crippen LogP contribution in [0.5, 0.6) is 11.8 Å². The highest BCUT2D eigenvalue weighted by Gasteiger charge is 2.19. The number of rotatable bonds is 5. The van der Waals surface area contributed by atoms with Crippen molar-refractivity contribution < 1.29 is 14.2 Å². The molecule has 0 radical (unpaired) electrons. The molecule has 3 heterocycles. The molecule has 3 aromatic heterocycles. The predicted octanol–water partition coefficient (Wildman–Crippen LogP) is 4.25. The Morgan fingerprint density at radius 1 is 1.17 bits per heavy atom. The molecule has 0 saturated heterocycles. The predicted molar refractivity (Wildman–Crippen MR) is 109 cm³/mol. The fourth-order valence-electron chi connectivity index (χ4n) is 3.05. The van der Waals surface area contributed by atoms with E-state index in [1.807, 2.05) is 19.9 Å². The minimum absolute atomic E-state index is 0.125. The minimum Gasteiger partial charge on any atom is -0.508 e. The molecular weight excluding hydrogens is 441 g/mol. The quantitative estimate of drug-likeness (QED) is 0.481. The van der Waals surface area contributed by atoms with Gasteiger partial charge in [0.2, 0.25) is 0 Å². The minimum atomic E-state index is -0.467. The summed E-state index contributed by atoms with van der Waals surface area (Å²) in [5.74, 6) is 0.131. The Bertz CT molecular complexity index is 1210. The van der Waals surface area contributed by atoms with E-state index in [9.17, 15) is 9.50 Å². The first-order valence-corrected chi connectivity index (χ1v) is 9.71. The van der Waals surface area contributed by atoms with Crippen LogP contribution < -0.4 is 4.74 Å². The number of phenols is 1. The van der Waals surface area contributed by atoms with E-state index in [4.69, 9.17) is 4.74 Å². The number of ether oxygens (including phenoxy) is 1. The Balaban J connectivity index is 1.95. The molecule has 0 atom stereocenters. The van der Waals surface area contributed by atoms with E-state index in [2.05, 4.69) is 35.9 Å². The number of halogens is 2. The van der Waals surface area contributed by atoms with Crippen molar-refractivity contribution >= 4 is 27.1 Å². The van der Waals surface area contributed by atoms with Crippen molar-refractivity contribution in [2.24, 2.45) is 0 Å². The van der Waals surface area contributed by atoms with Gasteiger partial charge in [0.05, 0.1) is 25.0 Å². The van der Waals surface area contributed by atoms with Gasteiger partial charge in [-0.1, -0.05) is 22.0 Å². The molecule has 0 bridgehead atoms. The van der Waals surface area contributed by atoms with Crippen LogP contribution in [0.4, 0.5) is 4.39 Å². The third kappa shape index (κ3) is 3.77. The number of phenolic OH excluding ortho intramolecular Hbond substituents is 1. The van der Waals surface area contributed by atoms with Crippen molar-refractivity contribution in [3.63, 3.8) is 0 Å². The molecule has 7 nitrogen and oxygen atoms in total. The van der Waals surface area contributed by atoms with Crippen molar-refractivity contribution in [3.8, 4) is 23.1 Å². The normalized spacial score (nSPS) is 11.2. The van der Waals surface area contributed by atoms with E-state index in [0.29, 0.717) is 40.4 Å². The lowest BCUT2D eigenvalue weighted by molar-refractivity contribution is 0.313. The smallest absolute Gasteiger partial charge is 0.318 e. The second-order valence-corrected chi connectivity index (χ2v) is 7.30. The lowest BCUT2D eigenvalue weighted by atomic mass is 10.2. The number of aryl methyl sites for hydroxylation is 1. The molecule has 29 heavy (non-hydrogen) atoms. The van der Waals surface area contributed by atoms with E-state index in [0.717, 1.165) is 10.7 Å². The highest BCUT2D eigenvalue weighted by Crippen LogP contribution is 2.30. The number of aromatic nitrogens is 5. The summed E-state index contributed by atoms with van der Waals surface area (Å²) in [4.78, 5) is 17.4. The van der Waals surface area contributed by atoms with Crippen LogP contribution in [-0.2, 0) is 6.54 Å². The lowest BCUT2D eigenvalue weighted by Gasteiger charge is -2.11. The lowest BCUT2D eigenvalue weighted by Crippen LogP contribution is -2.06. The third-order valence-electron chi connectivity index (χ3n) is 4.36. The molecule has 0 fully saturated rings. The number of hydrogen-bond donors (Lipinski definition) is 1. The van der Waals surface area contributed by atoms with E-state index < -0.39 is 5.82 Å². The molecule has 1 aromatic carbocycles. The maximum atomic E-state index is 13.8. The molecule has 0 unspecified atom stereocenters. The summed E-state index contributed by atoms with van der Waals surface area (Å²) >= 11 is 3.34. The van der Waals surface area contributed by atoms with E-state index >= 15 is 0 Å². The van der Waals surface area contributed by atoms with Crippen LogP contribution >= 0.6 is 15.9 Å². The zero-order valence-corrected chi connectivity index (χ0v) is 17.3. The molecule has 0 spiro atoms. The van der Waals surface area contributed by atoms with Crippen LogP contribution in [0.1, 0.15) is 18.2 Å². The fourth-order valence-corrected chi connectivity index (χ4v) is 3.40. The number of pyridine rings is 1. The van der Waals surface area contributed by atoms with Crippen molar-refractivity contribution in [1.82, 2.24) is 24.5 Å². The Hall–Kier alpha value is -3.07. The van der Waals surface area contributed by atoms with Gasteiger partial charge in [-0.2, -0.15) is 9.97 Å². The van der Waals surface area contributed by atoms with Crippen LogP contribution in [-0.4, -0.2) is 36.2 Å². The van der Waals surface area contributed by atoms with Crippen molar-refractivity contribution in [3.05, 3.63) is 58.2 Å². The Morgan fingerprint density at radius 3 is 2.72 bits per heavy atom. The first-order valence-electron chi connectivity index (χ1n) is 8.92. The van der Waals surface area contributed by atoms with Gasteiger partial charge < -0.3 is 14.4 Å². The Labute approximate surface area is 174 Å². The first-order chi connectivity index (χ1) is 14.0. The van der Waals surface area contributed by atoms with Crippen LogP contribution in [0, 0.1) is 12.7 Å². The summed E-state index contributed by atoms with van der Waals surface area (Å²) in [5.41, 5.74) is 2.90. The van der Waals surface area contributed by atoms with Gasteiger partial charge in [0.25, 0.3) is 0 Å². The van der Waals surface area contributed by atoms with Gasteiger partial charge in [-0.25, -0.2) is 9.37 Å². The highest BCUT2D eigenvalue weighted by molar-refractivity contribution is 9.10. The molecule has 0 saturated carbocycles. The second kappa shape index (κ2) is 7.75. The molecule has 4 rings (SSSR count). The average molecular weight is 458 g/mol. The van der Waals surface area contributed by atoms with Gasteiger partial charge in [-0.15, -0.1) is 0 Å². The summed E-state index contributed by atoms with van der Waals surface area (Å²) in [6.45, 7) is 4.36. The monoisotopic (exact) mass is 457 g/mol. The highest BCUT2D eigenvalue weighted by atomic mass is 79.9. The number of nitrogens with zero attached hydrogens (tertiary/aromatic N) is 5. The van der Waals surface area contributed by atoms with Gasteiger partial charge in [0, 0.05) is 21.8 Å². The number of aromatic hydroxyl groups is 1. The van der Waals surface area contributed by atoms with Crippen LogP contribution in [0.15, 0.2) is 41.1 Å². The number of hydrogen-bond acceptors (Lipinski definition) is 6. The summed E-state index contributed by atoms with van der Waals surface area (Å²) in [5, 5.41) is 10.4. The average Bonchev–Trinajstić information content (AvgIpc) is 3.03. The summed E-state index contributed by atoms with van der Waals surface area (Å²) < 4.78 is 21.9. The second-order valence-electron chi connectivity index (χ2n) is 6.38. The van der Waals surface area contributed by atoms with Gasteiger partial charge in [-0.3, -0.25) is 4.98 Å². The molecule has 0 aliphatic heterocycles. The number of benzene rings is 1. The van der Waals surface area contributed by atoms with Crippen LogP contribution in [0.3, 0.4) is 0 Å². The van der Waals surface area contributed by atoms with Gasteiger partial charge >= 0.3 is 6.01 Å². The summed E-state index contributed by atoms with van der Waals surface area (Å²) in [6.07, 6.45) is 2.67. The van der Waals surface area contributed by atoms with Crippen molar-refractivity contribution in [2.45, 2.75) is 20.4 Å². The van der Waals surface area contributed by atoms with Gasteiger partial charge in [-0.05, 0) is 32.0 Å². The molecule has 9 heteroatoms. The van der Waals surface area contributed by atoms with Crippen molar-refractivity contribution in [2.75, 3.05) is 6.61 Å². The standard InChI is InChI=1S/C20H17BrFN5O2/c1-3-29-20-24-11(2)17-19(26-20)27(10-12-4-5-14(21)7-16(12)28)18(25-17)13-6-15(22)9-23-8-13/h4-9,28H,3,10H2,1-2H3. The molecule has 1 N–H and O–H groups in total. The topological polar surface area (TPSA) is 86.0 Å².